The highest BCUT2D eigenvalue weighted by molar-refractivity contribution is 5.82. The molecule has 5 heteroatoms. The van der Waals surface area contributed by atoms with E-state index in [1.807, 2.05) is 0 Å². The highest BCUT2D eigenvalue weighted by Crippen LogP contribution is 2.44. The van der Waals surface area contributed by atoms with Crippen LogP contribution < -0.4 is 0 Å². The van der Waals surface area contributed by atoms with Gasteiger partial charge in [-0.2, -0.15) is 0 Å². The molecular weight excluding hydrogens is 210 g/mol. The molecule has 2 heterocycles. The summed E-state index contributed by atoms with van der Waals surface area (Å²) in [5, 5.41) is 10.1. The molecule has 0 aromatic rings. The van der Waals surface area contributed by atoms with E-state index in [0.717, 1.165) is 12.8 Å². The van der Waals surface area contributed by atoms with Crippen LogP contribution in [0.1, 0.15) is 12.8 Å². The lowest BCUT2D eigenvalue weighted by molar-refractivity contribution is -0.180. The Kier molecular flexibility index (Phi) is 2.42. The molecule has 3 aliphatic rings. The number of carbonyl (C=O) groups is 1. The molecule has 0 aromatic heterocycles. The third kappa shape index (κ3) is 1.73. The van der Waals surface area contributed by atoms with Gasteiger partial charge in [-0.05, 0) is 18.8 Å². The number of aliphatic hydroxyl groups is 1. The fourth-order valence-corrected chi connectivity index (χ4v) is 2.48. The first-order chi connectivity index (χ1) is 7.69. The summed E-state index contributed by atoms with van der Waals surface area (Å²) in [6.07, 6.45) is 1.74. The van der Waals surface area contributed by atoms with Crippen molar-refractivity contribution in [3.63, 3.8) is 0 Å². The SMILES string of the molecule is O=C(C1COCCO1)N1CC(O)(C2CC2)C1. The average molecular weight is 227 g/mol. The third-order valence-corrected chi connectivity index (χ3v) is 3.67. The molecule has 0 spiro atoms. The minimum absolute atomic E-state index is 0.0370. The van der Waals surface area contributed by atoms with Gasteiger partial charge in [-0.1, -0.05) is 0 Å². The molecule has 0 aromatic carbocycles. The van der Waals surface area contributed by atoms with E-state index >= 15 is 0 Å². The first-order valence-electron chi connectivity index (χ1n) is 5.89. The lowest BCUT2D eigenvalue weighted by atomic mass is 9.88. The summed E-state index contributed by atoms with van der Waals surface area (Å²) in [7, 11) is 0. The topological polar surface area (TPSA) is 59.0 Å². The molecule has 16 heavy (non-hydrogen) atoms. The van der Waals surface area contributed by atoms with Gasteiger partial charge in [0.05, 0.1) is 32.9 Å². The molecule has 1 amide bonds. The first kappa shape index (κ1) is 10.5. The van der Waals surface area contributed by atoms with Crippen LogP contribution in [0.2, 0.25) is 0 Å². The van der Waals surface area contributed by atoms with E-state index in [0.29, 0.717) is 38.8 Å². The van der Waals surface area contributed by atoms with Gasteiger partial charge in [0.1, 0.15) is 5.60 Å². The van der Waals surface area contributed by atoms with Crippen molar-refractivity contribution < 1.29 is 19.4 Å². The Hall–Kier alpha value is -0.650. The smallest absolute Gasteiger partial charge is 0.254 e. The molecule has 1 N–H and O–H groups in total. The van der Waals surface area contributed by atoms with Crippen LogP contribution in [0.15, 0.2) is 0 Å². The molecule has 2 saturated heterocycles. The predicted molar refractivity (Wildman–Crippen MR) is 54.8 cm³/mol. The van der Waals surface area contributed by atoms with Crippen molar-refractivity contribution in [1.29, 1.82) is 0 Å². The molecular formula is C11H17NO4. The number of likely N-dealkylation sites (tertiary alicyclic amines) is 1. The zero-order valence-electron chi connectivity index (χ0n) is 9.22. The molecule has 0 radical (unpaired) electrons. The van der Waals surface area contributed by atoms with Crippen LogP contribution in [0.25, 0.3) is 0 Å². The van der Waals surface area contributed by atoms with E-state index in [1.165, 1.54) is 0 Å². The largest absolute Gasteiger partial charge is 0.386 e. The summed E-state index contributed by atoms with van der Waals surface area (Å²) >= 11 is 0. The Morgan fingerprint density at radius 2 is 2.06 bits per heavy atom. The van der Waals surface area contributed by atoms with Gasteiger partial charge in [-0.25, -0.2) is 0 Å². The highest BCUT2D eigenvalue weighted by Gasteiger charge is 2.54. The monoisotopic (exact) mass is 227 g/mol. The van der Waals surface area contributed by atoms with Crippen LogP contribution in [-0.2, 0) is 14.3 Å². The lowest BCUT2D eigenvalue weighted by Gasteiger charge is -2.48. The number of ether oxygens (including phenoxy) is 2. The maximum Gasteiger partial charge on any atom is 0.254 e. The van der Waals surface area contributed by atoms with Gasteiger partial charge >= 0.3 is 0 Å². The molecule has 90 valence electrons. The fourth-order valence-electron chi connectivity index (χ4n) is 2.48. The zero-order valence-corrected chi connectivity index (χ0v) is 9.22. The van der Waals surface area contributed by atoms with Crippen molar-refractivity contribution in [3.05, 3.63) is 0 Å². The van der Waals surface area contributed by atoms with Crippen LogP contribution in [0.4, 0.5) is 0 Å². The summed E-state index contributed by atoms with van der Waals surface area (Å²) in [5.74, 6) is 0.380. The molecule has 5 nitrogen and oxygen atoms in total. The highest BCUT2D eigenvalue weighted by atomic mass is 16.6. The Balaban J connectivity index is 1.53. The third-order valence-electron chi connectivity index (χ3n) is 3.67. The van der Waals surface area contributed by atoms with Gasteiger partial charge in [0.2, 0.25) is 0 Å². The lowest BCUT2D eigenvalue weighted by Crippen LogP contribution is -2.66. The van der Waals surface area contributed by atoms with Gasteiger partial charge in [-0.15, -0.1) is 0 Å². The van der Waals surface area contributed by atoms with Crippen LogP contribution in [0.3, 0.4) is 0 Å². The van der Waals surface area contributed by atoms with Crippen molar-refractivity contribution >= 4 is 5.91 Å². The number of rotatable bonds is 2. The molecule has 1 aliphatic carbocycles. The van der Waals surface area contributed by atoms with E-state index in [4.69, 9.17) is 9.47 Å². The number of nitrogens with zero attached hydrogens (tertiary/aromatic N) is 1. The van der Waals surface area contributed by atoms with E-state index in [1.54, 1.807) is 4.90 Å². The second kappa shape index (κ2) is 3.68. The van der Waals surface area contributed by atoms with Crippen LogP contribution in [-0.4, -0.2) is 60.5 Å². The van der Waals surface area contributed by atoms with Crippen molar-refractivity contribution in [2.45, 2.75) is 24.5 Å². The van der Waals surface area contributed by atoms with Crippen molar-refractivity contribution in [1.82, 2.24) is 4.90 Å². The Labute approximate surface area is 94.3 Å². The summed E-state index contributed by atoms with van der Waals surface area (Å²) in [6.45, 7) is 2.33. The fraction of sp³-hybridized carbons (Fsp3) is 0.909. The van der Waals surface area contributed by atoms with Crippen molar-refractivity contribution in [3.8, 4) is 0 Å². The normalized spacial score (nSPS) is 33.3. The first-order valence-corrected chi connectivity index (χ1v) is 5.89. The number of carbonyl (C=O) groups excluding carboxylic acids is 1. The Morgan fingerprint density at radius 1 is 1.31 bits per heavy atom. The summed E-state index contributed by atoms with van der Waals surface area (Å²) in [5.41, 5.74) is -0.606. The number of amides is 1. The van der Waals surface area contributed by atoms with Crippen LogP contribution in [0, 0.1) is 5.92 Å². The molecule has 1 atom stereocenters. The molecule has 1 unspecified atom stereocenters. The number of hydrogen-bond acceptors (Lipinski definition) is 4. The van der Waals surface area contributed by atoms with Crippen LogP contribution >= 0.6 is 0 Å². The predicted octanol–water partition coefficient (Wildman–Crippen LogP) is -0.615. The number of hydrogen-bond donors (Lipinski definition) is 1. The van der Waals surface area contributed by atoms with E-state index in [2.05, 4.69) is 0 Å². The zero-order chi connectivity index (χ0) is 11.2. The molecule has 3 rings (SSSR count). The summed E-state index contributed by atoms with van der Waals surface area (Å²) in [6, 6.07) is 0. The van der Waals surface area contributed by atoms with E-state index in [-0.39, 0.29) is 5.91 Å². The molecule has 0 bridgehead atoms. The summed E-state index contributed by atoms with van der Waals surface area (Å²) in [4.78, 5) is 13.6. The quantitative estimate of drug-likeness (QED) is 0.683. The van der Waals surface area contributed by atoms with Gasteiger partial charge in [0.15, 0.2) is 6.10 Å². The molecule has 1 saturated carbocycles. The standard InChI is InChI=1S/C11H17NO4/c13-10(9-5-15-3-4-16-9)12-6-11(14,7-12)8-1-2-8/h8-9,14H,1-7H2. The molecule has 2 aliphatic heterocycles. The average Bonchev–Trinajstić information content (AvgIpc) is 3.09. The molecule has 3 fully saturated rings. The second-order valence-corrected chi connectivity index (χ2v) is 5.01. The van der Waals surface area contributed by atoms with Gasteiger partial charge < -0.3 is 19.5 Å². The summed E-state index contributed by atoms with van der Waals surface area (Å²) < 4.78 is 10.5. The Bertz CT molecular complexity index is 290. The van der Waals surface area contributed by atoms with E-state index in [9.17, 15) is 9.90 Å². The van der Waals surface area contributed by atoms with Crippen molar-refractivity contribution in [2.75, 3.05) is 32.9 Å². The van der Waals surface area contributed by atoms with Gasteiger partial charge in [0.25, 0.3) is 5.91 Å². The van der Waals surface area contributed by atoms with Crippen molar-refractivity contribution in [2.24, 2.45) is 5.92 Å². The minimum Gasteiger partial charge on any atom is -0.386 e. The Morgan fingerprint density at radius 3 is 2.62 bits per heavy atom. The van der Waals surface area contributed by atoms with Gasteiger partial charge in [-0.3, -0.25) is 4.79 Å². The maximum absolute atomic E-state index is 11.9. The van der Waals surface area contributed by atoms with E-state index < -0.39 is 11.7 Å². The number of β-amino-alcohol motifs (C(OH)–C–C–N with tert-alkyl or cyclic N) is 1. The minimum atomic E-state index is -0.606. The van der Waals surface area contributed by atoms with Gasteiger partial charge in [0, 0.05) is 0 Å². The second-order valence-electron chi connectivity index (χ2n) is 5.01. The maximum atomic E-state index is 11.9. The van der Waals surface area contributed by atoms with Crippen LogP contribution in [0.5, 0.6) is 0 Å².